The first-order chi connectivity index (χ1) is 12.7. The van der Waals surface area contributed by atoms with Crippen molar-refractivity contribution >= 4 is 35.6 Å². The molecular weight excluding hydrogens is 455 g/mol. The highest BCUT2D eigenvalue weighted by atomic mass is 127. The van der Waals surface area contributed by atoms with E-state index in [0.29, 0.717) is 5.75 Å². The van der Waals surface area contributed by atoms with Crippen LogP contribution in [0.25, 0.3) is 0 Å². The Labute approximate surface area is 181 Å². The quantitative estimate of drug-likeness (QED) is 0.330. The molecule has 0 radical (unpaired) electrons. The summed E-state index contributed by atoms with van der Waals surface area (Å²) in [6.45, 7) is 9.63. The van der Waals surface area contributed by atoms with Crippen LogP contribution in [0.5, 0.6) is 11.5 Å². The average molecular weight is 490 g/mol. The predicted molar refractivity (Wildman–Crippen MR) is 124 cm³/mol. The Bertz CT molecular complexity index is 575. The molecule has 0 spiro atoms. The van der Waals surface area contributed by atoms with E-state index in [0.717, 1.165) is 42.8 Å². The van der Waals surface area contributed by atoms with Gasteiger partial charge >= 0.3 is 0 Å². The summed E-state index contributed by atoms with van der Waals surface area (Å²) in [5.41, 5.74) is 0.929. The topological polar surface area (TPSA) is 58.1 Å². The number of guanidine groups is 1. The zero-order valence-electron chi connectivity index (χ0n) is 17.1. The van der Waals surface area contributed by atoms with Crippen molar-refractivity contribution in [1.29, 1.82) is 0 Å². The summed E-state index contributed by atoms with van der Waals surface area (Å²) < 4.78 is 10.7. The third kappa shape index (κ3) is 7.73. The van der Waals surface area contributed by atoms with Crippen molar-refractivity contribution in [3.05, 3.63) is 18.2 Å². The molecule has 0 saturated carbocycles. The molecule has 0 unspecified atom stereocenters. The minimum absolute atomic E-state index is 0. The van der Waals surface area contributed by atoms with Crippen LogP contribution in [0.4, 0.5) is 5.69 Å². The van der Waals surface area contributed by atoms with Crippen LogP contribution in [-0.2, 0) is 0 Å². The van der Waals surface area contributed by atoms with E-state index < -0.39 is 0 Å². The van der Waals surface area contributed by atoms with E-state index in [-0.39, 0.29) is 24.0 Å². The SMILES string of the molecule is CCNC(=NCCC1CCN(CC)CC1)Nc1ccc(OC)c(OC)c1.I. The molecule has 0 aliphatic carbocycles. The number of benzene rings is 1. The molecule has 1 saturated heterocycles. The van der Waals surface area contributed by atoms with Crippen molar-refractivity contribution in [3.63, 3.8) is 0 Å². The van der Waals surface area contributed by atoms with Gasteiger partial charge in [-0.05, 0) is 63.9 Å². The van der Waals surface area contributed by atoms with Crippen molar-refractivity contribution < 1.29 is 9.47 Å². The zero-order valence-corrected chi connectivity index (χ0v) is 19.4. The van der Waals surface area contributed by atoms with E-state index in [9.17, 15) is 0 Å². The number of likely N-dealkylation sites (tertiary alicyclic amines) is 1. The highest BCUT2D eigenvalue weighted by molar-refractivity contribution is 14.0. The third-order valence-electron chi connectivity index (χ3n) is 4.95. The Morgan fingerprint density at radius 2 is 1.85 bits per heavy atom. The van der Waals surface area contributed by atoms with Crippen molar-refractivity contribution in [2.45, 2.75) is 33.1 Å². The number of aliphatic imine (C=N–C) groups is 1. The van der Waals surface area contributed by atoms with Crippen LogP contribution < -0.4 is 20.1 Å². The van der Waals surface area contributed by atoms with Crippen LogP contribution in [0.2, 0.25) is 0 Å². The highest BCUT2D eigenvalue weighted by Crippen LogP contribution is 2.29. The molecule has 1 heterocycles. The number of halogens is 1. The van der Waals surface area contributed by atoms with E-state index in [1.807, 2.05) is 18.2 Å². The molecule has 2 N–H and O–H groups in total. The molecule has 1 aliphatic rings. The molecule has 1 fully saturated rings. The number of nitrogens with one attached hydrogen (secondary N) is 2. The lowest BCUT2D eigenvalue weighted by molar-refractivity contribution is 0.188. The minimum Gasteiger partial charge on any atom is -0.493 e. The van der Waals surface area contributed by atoms with Crippen LogP contribution in [0, 0.1) is 5.92 Å². The number of piperidine rings is 1. The van der Waals surface area contributed by atoms with Crippen molar-refractivity contribution in [2.75, 3.05) is 52.3 Å². The normalized spacial score (nSPS) is 15.8. The molecule has 2 rings (SSSR count). The fraction of sp³-hybridized carbons (Fsp3) is 0.650. The number of ether oxygens (including phenoxy) is 2. The molecule has 0 atom stereocenters. The van der Waals surface area contributed by atoms with Crippen molar-refractivity contribution in [2.24, 2.45) is 10.9 Å². The average Bonchev–Trinajstić information content (AvgIpc) is 2.68. The van der Waals surface area contributed by atoms with E-state index in [2.05, 4.69) is 29.4 Å². The number of anilines is 1. The van der Waals surface area contributed by atoms with Gasteiger partial charge in [0.15, 0.2) is 17.5 Å². The second-order valence-electron chi connectivity index (χ2n) is 6.62. The van der Waals surface area contributed by atoms with Crippen LogP contribution in [0.3, 0.4) is 0 Å². The van der Waals surface area contributed by atoms with Gasteiger partial charge in [-0.25, -0.2) is 0 Å². The van der Waals surface area contributed by atoms with Crippen LogP contribution in [0.15, 0.2) is 23.2 Å². The van der Waals surface area contributed by atoms with Gasteiger partial charge in [-0.1, -0.05) is 6.92 Å². The Hall–Kier alpha value is -1.22. The maximum Gasteiger partial charge on any atom is 0.195 e. The lowest BCUT2D eigenvalue weighted by Gasteiger charge is -2.30. The largest absolute Gasteiger partial charge is 0.493 e. The first-order valence-corrected chi connectivity index (χ1v) is 9.69. The summed E-state index contributed by atoms with van der Waals surface area (Å²) in [7, 11) is 3.28. The van der Waals surface area contributed by atoms with Gasteiger partial charge in [0.05, 0.1) is 14.2 Å². The Balaban J connectivity index is 0.00000364. The van der Waals surface area contributed by atoms with Gasteiger partial charge in [0.25, 0.3) is 0 Å². The molecule has 27 heavy (non-hydrogen) atoms. The molecule has 7 heteroatoms. The van der Waals surface area contributed by atoms with Crippen molar-refractivity contribution in [3.8, 4) is 11.5 Å². The standard InChI is InChI=1S/C20H34N4O2.HI/c1-5-21-20(22-12-9-16-10-13-24(6-2)14-11-16)23-17-7-8-18(25-3)19(15-17)26-4;/h7-8,15-16H,5-6,9-14H2,1-4H3,(H2,21,22,23);1H. The van der Waals surface area contributed by atoms with Crippen LogP contribution >= 0.6 is 24.0 Å². The molecular formula is C20H35IN4O2. The summed E-state index contributed by atoms with van der Waals surface area (Å²) in [4.78, 5) is 7.28. The predicted octanol–water partition coefficient (Wildman–Crippen LogP) is 3.82. The number of rotatable bonds is 8. The van der Waals surface area contributed by atoms with Gasteiger partial charge < -0.3 is 25.0 Å². The molecule has 6 nitrogen and oxygen atoms in total. The Morgan fingerprint density at radius 1 is 1.15 bits per heavy atom. The maximum atomic E-state index is 5.37. The van der Waals surface area contributed by atoms with Crippen molar-refractivity contribution in [1.82, 2.24) is 10.2 Å². The highest BCUT2D eigenvalue weighted by Gasteiger charge is 2.17. The van der Waals surface area contributed by atoms with Crippen LogP contribution in [0.1, 0.15) is 33.1 Å². The second kappa shape index (κ2) is 13.0. The number of nitrogens with zero attached hydrogens (tertiary/aromatic N) is 2. The van der Waals surface area contributed by atoms with E-state index in [1.165, 1.54) is 32.5 Å². The Morgan fingerprint density at radius 3 is 2.44 bits per heavy atom. The van der Waals surface area contributed by atoms with E-state index in [4.69, 9.17) is 14.5 Å². The van der Waals surface area contributed by atoms with E-state index >= 15 is 0 Å². The molecule has 1 aromatic carbocycles. The van der Waals surface area contributed by atoms with Gasteiger partial charge in [-0.15, -0.1) is 24.0 Å². The first kappa shape index (κ1) is 23.8. The molecule has 0 bridgehead atoms. The maximum absolute atomic E-state index is 5.37. The van der Waals surface area contributed by atoms with Gasteiger partial charge in [0.1, 0.15) is 0 Å². The lowest BCUT2D eigenvalue weighted by atomic mass is 9.94. The van der Waals surface area contributed by atoms with Gasteiger partial charge in [0.2, 0.25) is 0 Å². The zero-order chi connectivity index (χ0) is 18.8. The summed E-state index contributed by atoms with van der Waals surface area (Å²) in [6, 6.07) is 5.78. The summed E-state index contributed by atoms with van der Waals surface area (Å²) in [5.74, 6) is 3.03. The number of hydrogen-bond acceptors (Lipinski definition) is 4. The van der Waals surface area contributed by atoms with Gasteiger partial charge in [0, 0.05) is 24.8 Å². The molecule has 1 aliphatic heterocycles. The van der Waals surface area contributed by atoms with Crippen LogP contribution in [-0.4, -0.2) is 57.8 Å². The number of methoxy groups -OCH3 is 2. The Kier molecular flexibility index (Phi) is 11.5. The molecule has 154 valence electrons. The molecule has 1 aromatic rings. The first-order valence-electron chi connectivity index (χ1n) is 9.69. The van der Waals surface area contributed by atoms with E-state index in [1.54, 1.807) is 14.2 Å². The second-order valence-corrected chi connectivity index (χ2v) is 6.62. The van der Waals surface area contributed by atoms with Gasteiger partial charge in [-0.2, -0.15) is 0 Å². The smallest absolute Gasteiger partial charge is 0.195 e. The third-order valence-corrected chi connectivity index (χ3v) is 4.95. The monoisotopic (exact) mass is 490 g/mol. The fourth-order valence-corrected chi connectivity index (χ4v) is 3.31. The summed E-state index contributed by atoms with van der Waals surface area (Å²) in [5, 5.41) is 6.66. The van der Waals surface area contributed by atoms with Gasteiger partial charge in [-0.3, -0.25) is 4.99 Å². The summed E-state index contributed by atoms with van der Waals surface area (Å²) in [6.07, 6.45) is 3.74. The summed E-state index contributed by atoms with van der Waals surface area (Å²) >= 11 is 0. The molecule has 0 amide bonds. The fourth-order valence-electron chi connectivity index (χ4n) is 3.31. The lowest BCUT2D eigenvalue weighted by Crippen LogP contribution is -2.34. The molecule has 0 aromatic heterocycles. The minimum atomic E-state index is 0. The number of hydrogen-bond donors (Lipinski definition) is 2.